The first-order chi connectivity index (χ1) is 6.59. The third kappa shape index (κ3) is 1.38. The Balaban J connectivity index is 1.92. The fourth-order valence-corrected chi connectivity index (χ4v) is 2.87. The molecule has 2 fully saturated rings. The molecule has 1 aliphatic heterocycles. The highest BCUT2D eigenvalue weighted by Crippen LogP contribution is 2.46. The number of carbonyl (C=O) groups excluding carboxylic acids is 1. The van der Waals surface area contributed by atoms with Crippen LogP contribution in [-0.4, -0.2) is 34.5 Å². The molecule has 14 heavy (non-hydrogen) atoms. The third-order valence-electron chi connectivity index (χ3n) is 3.59. The van der Waals surface area contributed by atoms with Gasteiger partial charge in [0.05, 0.1) is 0 Å². The van der Waals surface area contributed by atoms with Crippen molar-refractivity contribution < 1.29 is 14.7 Å². The van der Waals surface area contributed by atoms with Gasteiger partial charge in [0.1, 0.15) is 0 Å². The molecule has 1 N–H and O–H groups in total. The molecule has 0 radical (unpaired) electrons. The summed E-state index contributed by atoms with van der Waals surface area (Å²) in [5.41, 5.74) is 0. The summed E-state index contributed by atoms with van der Waals surface area (Å²) in [5.74, 6) is 0.179. The zero-order valence-electron chi connectivity index (χ0n) is 8.27. The molecule has 3 unspecified atom stereocenters. The lowest BCUT2D eigenvalue weighted by Crippen LogP contribution is -2.48. The average Bonchev–Trinajstić information content (AvgIpc) is 2.38. The van der Waals surface area contributed by atoms with Gasteiger partial charge in [0.2, 0.25) is 5.91 Å². The SMILES string of the molecule is CC(=O)N1CCC2C(CC(=O)O)CC21. The molecule has 1 saturated carbocycles. The van der Waals surface area contributed by atoms with Crippen LogP contribution in [0.3, 0.4) is 0 Å². The molecule has 0 bridgehead atoms. The lowest BCUT2D eigenvalue weighted by molar-refractivity contribution is -0.140. The Hall–Kier alpha value is -1.06. The Labute approximate surface area is 82.9 Å². The maximum Gasteiger partial charge on any atom is 0.303 e. The van der Waals surface area contributed by atoms with E-state index in [9.17, 15) is 9.59 Å². The smallest absolute Gasteiger partial charge is 0.303 e. The minimum atomic E-state index is -0.713. The molecule has 3 atom stereocenters. The van der Waals surface area contributed by atoms with Crippen LogP contribution in [0.4, 0.5) is 0 Å². The third-order valence-corrected chi connectivity index (χ3v) is 3.59. The molecule has 1 saturated heterocycles. The number of likely N-dealkylation sites (tertiary alicyclic amines) is 1. The van der Waals surface area contributed by atoms with Crippen molar-refractivity contribution >= 4 is 11.9 Å². The Kier molecular flexibility index (Phi) is 2.21. The van der Waals surface area contributed by atoms with E-state index < -0.39 is 5.97 Å². The van der Waals surface area contributed by atoms with Gasteiger partial charge in [-0.15, -0.1) is 0 Å². The Bertz CT molecular complexity index is 277. The molecule has 1 heterocycles. The topological polar surface area (TPSA) is 57.6 Å². The Morgan fingerprint density at radius 3 is 2.79 bits per heavy atom. The van der Waals surface area contributed by atoms with Crippen molar-refractivity contribution in [2.75, 3.05) is 6.54 Å². The summed E-state index contributed by atoms with van der Waals surface area (Å²) in [6.07, 6.45) is 2.14. The lowest BCUT2D eigenvalue weighted by Gasteiger charge is -2.42. The minimum absolute atomic E-state index is 0.131. The Morgan fingerprint density at radius 2 is 2.21 bits per heavy atom. The summed E-state index contributed by atoms with van der Waals surface area (Å²) in [6.45, 7) is 2.41. The van der Waals surface area contributed by atoms with Crippen LogP contribution in [0.25, 0.3) is 0 Å². The standard InChI is InChI=1S/C10H15NO3/c1-6(12)11-3-2-8-7(4-9(8)11)5-10(13)14/h7-9H,2-5H2,1H3,(H,13,14). The van der Waals surface area contributed by atoms with Crippen molar-refractivity contribution in [3.8, 4) is 0 Å². The van der Waals surface area contributed by atoms with E-state index in [1.54, 1.807) is 6.92 Å². The molecule has 4 nitrogen and oxygen atoms in total. The summed E-state index contributed by atoms with van der Waals surface area (Å²) in [4.78, 5) is 23.6. The molecule has 78 valence electrons. The van der Waals surface area contributed by atoms with Gasteiger partial charge in [0.15, 0.2) is 0 Å². The summed E-state index contributed by atoms with van der Waals surface area (Å²) in [6, 6.07) is 0.344. The molecule has 2 rings (SSSR count). The molecule has 0 spiro atoms. The number of rotatable bonds is 2. The fourth-order valence-electron chi connectivity index (χ4n) is 2.87. The zero-order valence-corrected chi connectivity index (χ0v) is 8.27. The molecule has 0 aromatic heterocycles. The minimum Gasteiger partial charge on any atom is -0.481 e. The molecular weight excluding hydrogens is 182 g/mol. The van der Waals surface area contributed by atoms with Crippen LogP contribution in [0.2, 0.25) is 0 Å². The summed E-state index contributed by atoms with van der Waals surface area (Å²) in [7, 11) is 0. The van der Waals surface area contributed by atoms with Crippen LogP contribution in [0.5, 0.6) is 0 Å². The van der Waals surface area contributed by atoms with Gasteiger partial charge in [0.25, 0.3) is 0 Å². The normalized spacial score (nSPS) is 34.9. The van der Waals surface area contributed by atoms with E-state index >= 15 is 0 Å². The fraction of sp³-hybridized carbons (Fsp3) is 0.800. The van der Waals surface area contributed by atoms with E-state index in [-0.39, 0.29) is 12.3 Å². The quantitative estimate of drug-likeness (QED) is 0.709. The van der Waals surface area contributed by atoms with Crippen molar-refractivity contribution in [2.45, 2.75) is 32.2 Å². The van der Waals surface area contributed by atoms with Crippen LogP contribution in [0, 0.1) is 11.8 Å². The van der Waals surface area contributed by atoms with Crippen molar-refractivity contribution in [1.82, 2.24) is 4.90 Å². The van der Waals surface area contributed by atoms with Gasteiger partial charge < -0.3 is 10.0 Å². The van der Waals surface area contributed by atoms with Crippen LogP contribution in [-0.2, 0) is 9.59 Å². The predicted molar refractivity (Wildman–Crippen MR) is 49.6 cm³/mol. The highest BCUT2D eigenvalue weighted by Gasteiger charge is 2.49. The zero-order chi connectivity index (χ0) is 10.3. The van der Waals surface area contributed by atoms with Crippen LogP contribution >= 0.6 is 0 Å². The average molecular weight is 197 g/mol. The van der Waals surface area contributed by atoms with Gasteiger partial charge in [-0.05, 0) is 24.7 Å². The number of fused-ring (bicyclic) bond motifs is 1. The number of carboxylic acid groups (broad SMARTS) is 1. The lowest BCUT2D eigenvalue weighted by atomic mass is 9.68. The Morgan fingerprint density at radius 1 is 1.50 bits per heavy atom. The molecule has 0 aromatic rings. The second-order valence-electron chi connectivity index (χ2n) is 4.33. The first-order valence-electron chi connectivity index (χ1n) is 5.08. The number of aliphatic carboxylic acids is 1. The summed E-state index contributed by atoms with van der Waals surface area (Å²) >= 11 is 0. The number of hydrogen-bond donors (Lipinski definition) is 1. The van der Waals surface area contributed by atoms with Crippen molar-refractivity contribution in [3.05, 3.63) is 0 Å². The van der Waals surface area contributed by atoms with Crippen LogP contribution in [0.1, 0.15) is 26.2 Å². The number of nitrogens with zero attached hydrogens (tertiary/aromatic N) is 1. The maximum absolute atomic E-state index is 11.2. The van der Waals surface area contributed by atoms with Crippen molar-refractivity contribution in [1.29, 1.82) is 0 Å². The molecule has 2 aliphatic rings. The molecule has 1 amide bonds. The number of hydrogen-bond acceptors (Lipinski definition) is 2. The summed E-state index contributed by atoms with van der Waals surface area (Å²) < 4.78 is 0. The summed E-state index contributed by atoms with van der Waals surface area (Å²) in [5, 5.41) is 8.66. The second kappa shape index (κ2) is 3.26. The number of carbonyl (C=O) groups is 2. The largest absolute Gasteiger partial charge is 0.481 e. The van der Waals surface area contributed by atoms with E-state index in [4.69, 9.17) is 5.11 Å². The van der Waals surface area contributed by atoms with Gasteiger partial charge in [0, 0.05) is 25.9 Å². The van der Waals surface area contributed by atoms with Gasteiger partial charge in [-0.25, -0.2) is 0 Å². The highest BCUT2D eigenvalue weighted by molar-refractivity contribution is 5.74. The van der Waals surface area contributed by atoms with E-state index in [1.807, 2.05) is 4.90 Å². The van der Waals surface area contributed by atoms with E-state index in [0.717, 1.165) is 19.4 Å². The second-order valence-corrected chi connectivity index (χ2v) is 4.33. The van der Waals surface area contributed by atoms with Gasteiger partial charge in [-0.1, -0.05) is 0 Å². The molecular formula is C10H15NO3. The highest BCUT2D eigenvalue weighted by atomic mass is 16.4. The van der Waals surface area contributed by atoms with Crippen molar-refractivity contribution in [2.24, 2.45) is 11.8 Å². The molecule has 4 heteroatoms. The molecule has 0 aromatic carbocycles. The van der Waals surface area contributed by atoms with Crippen molar-refractivity contribution in [3.63, 3.8) is 0 Å². The van der Waals surface area contributed by atoms with Crippen LogP contribution < -0.4 is 0 Å². The van der Waals surface area contributed by atoms with Gasteiger partial charge >= 0.3 is 5.97 Å². The van der Waals surface area contributed by atoms with Crippen LogP contribution in [0.15, 0.2) is 0 Å². The van der Waals surface area contributed by atoms with E-state index in [0.29, 0.717) is 17.9 Å². The predicted octanol–water partition coefficient (Wildman–Crippen LogP) is 0.718. The first-order valence-corrected chi connectivity index (χ1v) is 5.08. The van der Waals surface area contributed by atoms with Gasteiger partial charge in [-0.3, -0.25) is 9.59 Å². The number of carboxylic acids is 1. The first kappa shape index (κ1) is 9.49. The van der Waals surface area contributed by atoms with E-state index in [1.165, 1.54) is 0 Å². The monoisotopic (exact) mass is 197 g/mol. The van der Waals surface area contributed by atoms with E-state index in [2.05, 4.69) is 0 Å². The maximum atomic E-state index is 11.2. The number of amides is 1. The van der Waals surface area contributed by atoms with Gasteiger partial charge in [-0.2, -0.15) is 0 Å². The molecule has 1 aliphatic carbocycles.